The van der Waals surface area contributed by atoms with Gasteiger partial charge in [-0.25, -0.2) is 0 Å². The zero-order valence-corrected chi connectivity index (χ0v) is 12.4. The minimum Gasteiger partial charge on any atom is -0.378 e. The van der Waals surface area contributed by atoms with Crippen molar-refractivity contribution in [3.63, 3.8) is 0 Å². The molecular weight excluding hydrogens is 299 g/mol. The monoisotopic (exact) mass is 313 g/mol. The largest absolute Gasteiger partial charge is 0.416 e. The summed E-state index contributed by atoms with van der Waals surface area (Å²) in [5, 5.41) is 3.71. The molecule has 0 aromatic heterocycles. The van der Waals surface area contributed by atoms with Crippen molar-refractivity contribution in [1.82, 2.24) is 0 Å². The predicted molar refractivity (Wildman–Crippen MR) is 79.7 cm³/mol. The van der Waals surface area contributed by atoms with E-state index in [9.17, 15) is 13.2 Å². The van der Waals surface area contributed by atoms with Crippen LogP contribution in [0.1, 0.15) is 29.7 Å². The summed E-state index contributed by atoms with van der Waals surface area (Å²) in [4.78, 5) is 0. The Balaban J connectivity index is 2.26. The third-order valence-corrected chi connectivity index (χ3v) is 3.52. The number of halogens is 4. The fourth-order valence-corrected chi connectivity index (χ4v) is 2.25. The summed E-state index contributed by atoms with van der Waals surface area (Å²) in [6.45, 7) is 3.65. The van der Waals surface area contributed by atoms with Crippen LogP contribution in [0, 0.1) is 6.92 Å². The minimum atomic E-state index is -4.34. The fraction of sp³-hybridized carbons (Fsp3) is 0.250. The molecule has 0 fully saturated rings. The van der Waals surface area contributed by atoms with Gasteiger partial charge in [0.25, 0.3) is 0 Å². The van der Waals surface area contributed by atoms with Gasteiger partial charge in [-0.1, -0.05) is 29.8 Å². The number of nitrogens with one attached hydrogen (secondary N) is 1. The molecule has 0 aliphatic heterocycles. The molecule has 112 valence electrons. The average molecular weight is 314 g/mol. The van der Waals surface area contributed by atoms with E-state index in [1.165, 1.54) is 6.07 Å². The lowest BCUT2D eigenvalue weighted by atomic mass is 10.1. The third-order valence-electron chi connectivity index (χ3n) is 3.29. The zero-order valence-electron chi connectivity index (χ0n) is 11.6. The number of anilines is 1. The second kappa shape index (κ2) is 5.98. The normalized spacial score (nSPS) is 13.0. The number of hydrogen-bond acceptors (Lipinski definition) is 1. The standard InChI is InChI=1S/C16H15ClF3N/c1-10-6-7-13(16(18,19)20)9-15(10)21-11(2)12-4-3-5-14(17)8-12/h3-9,11,21H,1-2H3. The molecule has 2 aromatic carbocycles. The van der Waals surface area contributed by atoms with Crippen molar-refractivity contribution in [2.24, 2.45) is 0 Å². The molecule has 21 heavy (non-hydrogen) atoms. The smallest absolute Gasteiger partial charge is 0.378 e. The molecule has 2 aromatic rings. The summed E-state index contributed by atoms with van der Waals surface area (Å²) in [6.07, 6.45) is -4.34. The van der Waals surface area contributed by atoms with Crippen LogP contribution in [-0.2, 0) is 6.18 Å². The van der Waals surface area contributed by atoms with Crippen molar-refractivity contribution in [3.05, 3.63) is 64.2 Å². The van der Waals surface area contributed by atoms with Crippen LogP contribution in [0.15, 0.2) is 42.5 Å². The molecule has 0 heterocycles. The molecular formula is C16H15ClF3N. The molecule has 0 bridgehead atoms. The van der Waals surface area contributed by atoms with Gasteiger partial charge < -0.3 is 5.32 Å². The maximum Gasteiger partial charge on any atom is 0.416 e. The van der Waals surface area contributed by atoms with Gasteiger partial charge in [0.1, 0.15) is 0 Å². The Labute approximate surface area is 126 Å². The number of benzene rings is 2. The van der Waals surface area contributed by atoms with Crippen LogP contribution >= 0.6 is 11.6 Å². The molecule has 0 aliphatic carbocycles. The molecule has 0 radical (unpaired) electrons. The molecule has 0 saturated carbocycles. The Morgan fingerprint density at radius 1 is 1.10 bits per heavy atom. The van der Waals surface area contributed by atoms with Crippen molar-refractivity contribution in [2.75, 3.05) is 5.32 Å². The van der Waals surface area contributed by atoms with Gasteiger partial charge in [-0.05, 0) is 49.2 Å². The predicted octanol–water partition coefficient (Wildman–Crippen LogP) is 5.84. The Bertz CT molecular complexity index is 638. The lowest BCUT2D eigenvalue weighted by molar-refractivity contribution is -0.137. The van der Waals surface area contributed by atoms with Gasteiger partial charge in [0.15, 0.2) is 0 Å². The van der Waals surface area contributed by atoms with Crippen molar-refractivity contribution < 1.29 is 13.2 Å². The molecule has 2 rings (SSSR count). The highest BCUT2D eigenvalue weighted by Crippen LogP contribution is 2.33. The molecule has 0 spiro atoms. The average Bonchev–Trinajstić information content (AvgIpc) is 2.40. The molecule has 0 saturated heterocycles. The second-order valence-electron chi connectivity index (χ2n) is 4.95. The molecule has 1 nitrogen and oxygen atoms in total. The van der Waals surface area contributed by atoms with Gasteiger partial charge in [0, 0.05) is 16.8 Å². The van der Waals surface area contributed by atoms with Crippen molar-refractivity contribution >= 4 is 17.3 Å². The number of aryl methyl sites for hydroxylation is 1. The minimum absolute atomic E-state index is 0.147. The van der Waals surface area contributed by atoms with E-state index in [1.807, 2.05) is 19.1 Å². The van der Waals surface area contributed by atoms with Gasteiger partial charge in [0.2, 0.25) is 0 Å². The highest BCUT2D eigenvalue weighted by atomic mass is 35.5. The molecule has 1 N–H and O–H groups in total. The van der Waals surface area contributed by atoms with Crippen molar-refractivity contribution in [3.8, 4) is 0 Å². The van der Waals surface area contributed by atoms with Crippen LogP contribution in [0.5, 0.6) is 0 Å². The van der Waals surface area contributed by atoms with Crippen molar-refractivity contribution in [2.45, 2.75) is 26.1 Å². The Kier molecular flexibility index (Phi) is 4.47. The highest BCUT2D eigenvalue weighted by Gasteiger charge is 2.30. The van der Waals surface area contributed by atoms with Crippen LogP contribution in [0.25, 0.3) is 0 Å². The summed E-state index contributed by atoms with van der Waals surface area (Å²) in [6, 6.07) is 10.8. The van der Waals surface area contributed by atoms with E-state index >= 15 is 0 Å². The topological polar surface area (TPSA) is 12.0 Å². The van der Waals surface area contributed by atoms with Gasteiger partial charge in [-0.15, -0.1) is 0 Å². The first-order valence-electron chi connectivity index (χ1n) is 6.47. The Morgan fingerprint density at radius 2 is 1.81 bits per heavy atom. The first kappa shape index (κ1) is 15.7. The SMILES string of the molecule is Cc1ccc(C(F)(F)F)cc1NC(C)c1cccc(Cl)c1. The van der Waals surface area contributed by atoms with Crippen LogP contribution in [0.3, 0.4) is 0 Å². The number of rotatable bonds is 3. The Morgan fingerprint density at radius 3 is 2.43 bits per heavy atom. The lowest BCUT2D eigenvalue weighted by Gasteiger charge is -2.19. The van der Waals surface area contributed by atoms with E-state index in [0.29, 0.717) is 10.7 Å². The quantitative estimate of drug-likeness (QED) is 0.750. The molecule has 1 unspecified atom stereocenters. The van der Waals surface area contributed by atoms with Gasteiger partial charge in [0.05, 0.1) is 5.56 Å². The van der Waals surface area contributed by atoms with E-state index in [-0.39, 0.29) is 6.04 Å². The molecule has 5 heteroatoms. The van der Waals surface area contributed by atoms with Crippen LogP contribution in [-0.4, -0.2) is 0 Å². The maximum absolute atomic E-state index is 12.8. The summed E-state index contributed by atoms with van der Waals surface area (Å²) < 4.78 is 38.3. The van der Waals surface area contributed by atoms with Crippen LogP contribution < -0.4 is 5.32 Å². The van der Waals surface area contributed by atoms with E-state index in [2.05, 4.69) is 5.32 Å². The summed E-state index contributed by atoms with van der Waals surface area (Å²) in [5.41, 5.74) is 1.49. The summed E-state index contributed by atoms with van der Waals surface area (Å²) >= 11 is 5.93. The highest BCUT2D eigenvalue weighted by molar-refractivity contribution is 6.30. The summed E-state index contributed by atoms with van der Waals surface area (Å²) in [5.74, 6) is 0. The van der Waals surface area contributed by atoms with Crippen LogP contribution in [0.4, 0.5) is 18.9 Å². The third kappa shape index (κ3) is 3.91. The molecule has 1 atom stereocenters. The van der Waals surface area contributed by atoms with E-state index in [0.717, 1.165) is 23.3 Å². The number of alkyl halides is 3. The van der Waals surface area contributed by atoms with Crippen LogP contribution in [0.2, 0.25) is 5.02 Å². The maximum atomic E-state index is 12.8. The first-order chi connectivity index (χ1) is 9.77. The summed E-state index contributed by atoms with van der Waals surface area (Å²) in [7, 11) is 0. The van der Waals surface area contributed by atoms with E-state index in [4.69, 9.17) is 11.6 Å². The first-order valence-corrected chi connectivity index (χ1v) is 6.85. The molecule has 0 amide bonds. The van der Waals surface area contributed by atoms with Gasteiger partial charge >= 0.3 is 6.18 Å². The van der Waals surface area contributed by atoms with Crippen molar-refractivity contribution in [1.29, 1.82) is 0 Å². The lowest BCUT2D eigenvalue weighted by Crippen LogP contribution is -2.10. The number of hydrogen-bond donors (Lipinski definition) is 1. The Hall–Kier alpha value is -1.68. The second-order valence-corrected chi connectivity index (χ2v) is 5.38. The van der Waals surface area contributed by atoms with Gasteiger partial charge in [-0.2, -0.15) is 13.2 Å². The van der Waals surface area contributed by atoms with E-state index in [1.54, 1.807) is 19.1 Å². The van der Waals surface area contributed by atoms with Gasteiger partial charge in [-0.3, -0.25) is 0 Å². The molecule has 0 aliphatic rings. The zero-order chi connectivity index (χ0) is 15.6. The van der Waals surface area contributed by atoms with E-state index < -0.39 is 11.7 Å². The fourth-order valence-electron chi connectivity index (χ4n) is 2.05.